The normalized spacial score (nSPS) is 11.0. The van der Waals surface area contributed by atoms with Crippen LogP contribution in [-0.4, -0.2) is 16.2 Å². The van der Waals surface area contributed by atoms with Crippen molar-refractivity contribution >= 4 is 23.1 Å². The van der Waals surface area contributed by atoms with Gasteiger partial charge in [0.1, 0.15) is 10.0 Å². The van der Waals surface area contributed by atoms with Gasteiger partial charge in [0.2, 0.25) is 0 Å². The number of hydrogen-bond donors (Lipinski definition) is 0. The molecule has 68 valence electrons. The Bertz CT molecular complexity index is 239. The highest BCUT2D eigenvalue weighted by Crippen LogP contribution is 2.17. The summed E-state index contributed by atoms with van der Waals surface area (Å²) in [5.74, 6) is 0.537. The first-order chi connectivity index (χ1) is 5.70. The van der Waals surface area contributed by atoms with Gasteiger partial charge in [-0.1, -0.05) is 29.9 Å². The first-order valence-electron chi connectivity index (χ1n) is 3.74. The van der Waals surface area contributed by atoms with Crippen molar-refractivity contribution in [3.05, 3.63) is 10.0 Å². The zero-order valence-corrected chi connectivity index (χ0v) is 8.65. The lowest BCUT2D eigenvalue weighted by Crippen LogP contribution is -2.02. The van der Waals surface area contributed by atoms with Gasteiger partial charge in [-0.15, -0.1) is 5.10 Å². The van der Waals surface area contributed by atoms with Crippen LogP contribution in [0, 0.1) is 5.92 Å². The molecule has 0 aliphatic carbocycles. The molecule has 1 aromatic rings. The fourth-order valence-electron chi connectivity index (χ4n) is 0.674. The first kappa shape index (κ1) is 9.89. The SMILES string of the molecule is CC(C)COCc1nnsc1Cl. The standard InChI is InChI=1S/C7H11ClN2OS/c1-5(2)3-11-4-6-7(8)12-10-9-6/h5H,3-4H2,1-2H3. The Morgan fingerprint density at radius 1 is 1.58 bits per heavy atom. The van der Waals surface area contributed by atoms with E-state index in [1.54, 1.807) is 0 Å². The van der Waals surface area contributed by atoms with Gasteiger partial charge in [-0.3, -0.25) is 0 Å². The van der Waals surface area contributed by atoms with E-state index in [9.17, 15) is 0 Å². The van der Waals surface area contributed by atoms with E-state index in [2.05, 4.69) is 23.4 Å². The molecule has 0 bridgehead atoms. The van der Waals surface area contributed by atoms with Crippen molar-refractivity contribution in [1.82, 2.24) is 9.59 Å². The van der Waals surface area contributed by atoms with Crippen LogP contribution in [0.5, 0.6) is 0 Å². The second kappa shape index (κ2) is 4.74. The molecule has 12 heavy (non-hydrogen) atoms. The third-order valence-corrected chi connectivity index (χ3v) is 2.18. The van der Waals surface area contributed by atoms with E-state index in [0.717, 1.165) is 12.3 Å². The number of hydrogen-bond acceptors (Lipinski definition) is 4. The average molecular weight is 207 g/mol. The van der Waals surface area contributed by atoms with Gasteiger partial charge in [0.05, 0.1) is 6.61 Å². The zero-order chi connectivity index (χ0) is 8.97. The maximum Gasteiger partial charge on any atom is 0.139 e. The monoisotopic (exact) mass is 206 g/mol. The smallest absolute Gasteiger partial charge is 0.139 e. The predicted octanol–water partition coefficient (Wildman–Crippen LogP) is 2.36. The number of nitrogens with zero attached hydrogens (tertiary/aromatic N) is 2. The minimum Gasteiger partial charge on any atom is -0.375 e. The maximum absolute atomic E-state index is 5.77. The third-order valence-electron chi connectivity index (χ3n) is 1.20. The van der Waals surface area contributed by atoms with Crippen LogP contribution in [0.15, 0.2) is 0 Å². The Morgan fingerprint density at radius 2 is 2.33 bits per heavy atom. The summed E-state index contributed by atoms with van der Waals surface area (Å²) in [5, 5.41) is 3.82. The molecule has 0 unspecified atom stereocenters. The van der Waals surface area contributed by atoms with Crippen LogP contribution in [0.3, 0.4) is 0 Å². The van der Waals surface area contributed by atoms with Gasteiger partial charge in [0.15, 0.2) is 0 Å². The highest BCUT2D eigenvalue weighted by atomic mass is 35.5. The van der Waals surface area contributed by atoms with Crippen molar-refractivity contribution < 1.29 is 4.74 Å². The van der Waals surface area contributed by atoms with Crippen molar-refractivity contribution in [2.24, 2.45) is 5.92 Å². The summed E-state index contributed by atoms with van der Waals surface area (Å²) in [6.07, 6.45) is 0. The van der Waals surface area contributed by atoms with Crippen LogP contribution < -0.4 is 0 Å². The second-order valence-corrected chi connectivity index (χ2v) is 4.26. The summed E-state index contributed by atoms with van der Waals surface area (Å²) in [6, 6.07) is 0. The molecule has 0 amide bonds. The van der Waals surface area contributed by atoms with E-state index in [4.69, 9.17) is 16.3 Å². The molecule has 0 saturated carbocycles. The van der Waals surface area contributed by atoms with Gasteiger partial charge >= 0.3 is 0 Å². The van der Waals surface area contributed by atoms with E-state index in [-0.39, 0.29) is 0 Å². The summed E-state index contributed by atoms with van der Waals surface area (Å²) in [4.78, 5) is 0. The maximum atomic E-state index is 5.77. The van der Waals surface area contributed by atoms with Crippen LogP contribution in [-0.2, 0) is 11.3 Å². The van der Waals surface area contributed by atoms with Gasteiger partial charge in [-0.05, 0) is 5.92 Å². The van der Waals surface area contributed by atoms with Crippen LogP contribution in [0.1, 0.15) is 19.5 Å². The van der Waals surface area contributed by atoms with Crippen molar-refractivity contribution in [3.8, 4) is 0 Å². The molecule has 0 saturated heterocycles. The van der Waals surface area contributed by atoms with Crippen LogP contribution in [0.25, 0.3) is 0 Å². The molecular formula is C7H11ClN2OS. The molecule has 3 nitrogen and oxygen atoms in total. The molecule has 0 aromatic carbocycles. The molecular weight excluding hydrogens is 196 g/mol. The van der Waals surface area contributed by atoms with Gasteiger partial charge in [0, 0.05) is 18.1 Å². The zero-order valence-electron chi connectivity index (χ0n) is 7.08. The molecule has 0 N–H and O–H groups in total. The van der Waals surface area contributed by atoms with Crippen molar-refractivity contribution in [2.75, 3.05) is 6.61 Å². The molecule has 0 aliphatic heterocycles. The van der Waals surface area contributed by atoms with E-state index >= 15 is 0 Å². The van der Waals surface area contributed by atoms with Crippen LogP contribution >= 0.6 is 23.1 Å². The highest BCUT2D eigenvalue weighted by Gasteiger charge is 2.04. The van der Waals surface area contributed by atoms with Gasteiger partial charge in [0.25, 0.3) is 0 Å². The largest absolute Gasteiger partial charge is 0.375 e. The molecule has 1 rings (SSSR count). The highest BCUT2D eigenvalue weighted by molar-refractivity contribution is 7.10. The van der Waals surface area contributed by atoms with E-state index < -0.39 is 0 Å². The average Bonchev–Trinajstić information content (AvgIpc) is 2.36. The van der Waals surface area contributed by atoms with Crippen molar-refractivity contribution in [1.29, 1.82) is 0 Å². The van der Waals surface area contributed by atoms with E-state index in [1.165, 1.54) is 11.5 Å². The lowest BCUT2D eigenvalue weighted by molar-refractivity contribution is 0.0948. The summed E-state index contributed by atoms with van der Waals surface area (Å²) in [5.41, 5.74) is 0.738. The molecule has 0 spiro atoms. The Kier molecular flexibility index (Phi) is 3.91. The molecule has 0 atom stereocenters. The van der Waals surface area contributed by atoms with Crippen LogP contribution in [0.2, 0.25) is 4.34 Å². The second-order valence-electron chi connectivity index (χ2n) is 2.90. The number of rotatable bonds is 4. The fraction of sp³-hybridized carbons (Fsp3) is 0.714. The number of aromatic nitrogens is 2. The third kappa shape index (κ3) is 3.05. The fourth-order valence-corrected chi connectivity index (χ4v) is 1.28. The van der Waals surface area contributed by atoms with Gasteiger partial charge in [-0.25, -0.2) is 0 Å². The number of ether oxygens (including phenoxy) is 1. The van der Waals surface area contributed by atoms with Crippen molar-refractivity contribution in [2.45, 2.75) is 20.5 Å². The van der Waals surface area contributed by atoms with Crippen LogP contribution in [0.4, 0.5) is 0 Å². The summed E-state index contributed by atoms with van der Waals surface area (Å²) < 4.78 is 9.66. The quantitative estimate of drug-likeness (QED) is 0.759. The van der Waals surface area contributed by atoms with Gasteiger partial charge in [-0.2, -0.15) is 0 Å². The Morgan fingerprint density at radius 3 is 2.83 bits per heavy atom. The number of halogens is 1. The van der Waals surface area contributed by atoms with Gasteiger partial charge < -0.3 is 4.74 Å². The minimum absolute atomic E-state index is 0.466. The lowest BCUT2D eigenvalue weighted by atomic mass is 10.2. The Hall–Kier alpha value is -0.190. The summed E-state index contributed by atoms with van der Waals surface area (Å²) in [6.45, 7) is 5.39. The summed E-state index contributed by atoms with van der Waals surface area (Å²) in [7, 11) is 0. The lowest BCUT2D eigenvalue weighted by Gasteiger charge is -2.03. The minimum atomic E-state index is 0.466. The Balaban J connectivity index is 2.29. The topological polar surface area (TPSA) is 35.0 Å². The molecule has 1 heterocycles. The first-order valence-corrected chi connectivity index (χ1v) is 4.89. The molecule has 0 radical (unpaired) electrons. The Labute approximate surface area is 80.9 Å². The van der Waals surface area contributed by atoms with Crippen molar-refractivity contribution in [3.63, 3.8) is 0 Å². The van der Waals surface area contributed by atoms with E-state index in [0.29, 0.717) is 16.9 Å². The molecule has 5 heteroatoms. The molecule has 0 aliphatic rings. The molecule has 0 fully saturated rings. The summed E-state index contributed by atoms with van der Waals surface area (Å²) >= 11 is 6.96. The van der Waals surface area contributed by atoms with E-state index in [1.807, 2.05) is 0 Å². The molecule has 1 aromatic heterocycles. The predicted molar refractivity (Wildman–Crippen MR) is 49.4 cm³/mol.